The predicted molar refractivity (Wildman–Crippen MR) is 74.8 cm³/mol. The number of nitro benzene ring substituents is 1. The van der Waals surface area contributed by atoms with Gasteiger partial charge in [-0.15, -0.1) is 0 Å². The van der Waals surface area contributed by atoms with Gasteiger partial charge in [0.25, 0.3) is 0 Å². The number of hydrogen-bond acceptors (Lipinski definition) is 6. The Morgan fingerprint density at radius 2 is 2.29 bits per heavy atom. The summed E-state index contributed by atoms with van der Waals surface area (Å²) in [6, 6.07) is 4.43. The molecule has 0 atom stereocenters. The number of ether oxygens (including phenoxy) is 2. The second kappa shape index (κ2) is 5.86. The number of hydrogen-bond donors (Lipinski definition) is 2. The molecule has 0 saturated heterocycles. The van der Waals surface area contributed by atoms with Gasteiger partial charge in [0.15, 0.2) is 5.75 Å². The number of nitrogens with two attached hydrogens (primary N) is 1. The van der Waals surface area contributed by atoms with Gasteiger partial charge in [-0.2, -0.15) is 0 Å². The fourth-order valence-electron chi connectivity index (χ4n) is 2.09. The Hall–Kier alpha value is -2.51. The minimum Gasteiger partial charge on any atom is -0.496 e. The first kappa shape index (κ1) is 14.9. The van der Waals surface area contributed by atoms with Gasteiger partial charge >= 0.3 is 5.69 Å². The van der Waals surface area contributed by atoms with E-state index in [2.05, 4.69) is 5.16 Å². The number of rotatable bonds is 7. The molecule has 0 heterocycles. The third-order valence-electron chi connectivity index (χ3n) is 3.54. The van der Waals surface area contributed by atoms with Gasteiger partial charge in [-0.05, 0) is 25.0 Å². The molecule has 0 spiro atoms. The van der Waals surface area contributed by atoms with Crippen LogP contribution < -0.4 is 15.2 Å². The molecule has 1 aliphatic rings. The number of benzene rings is 1. The zero-order valence-electron chi connectivity index (χ0n) is 11.6. The number of amidine groups is 1. The molecule has 2 rings (SSSR count). The Kier molecular flexibility index (Phi) is 4.15. The second-order valence-corrected chi connectivity index (χ2v) is 5.15. The summed E-state index contributed by atoms with van der Waals surface area (Å²) in [5.74, 6) is 0.721. The first-order chi connectivity index (χ1) is 9.99. The molecule has 8 heteroatoms. The first-order valence-electron chi connectivity index (χ1n) is 6.41. The summed E-state index contributed by atoms with van der Waals surface area (Å²) < 4.78 is 10.5. The van der Waals surface area contributed by atoms with Gasteiger partial charge in [-0.25, -0.2) is 0 Å². The molecule has 0 amide bonds. The minimum absolute atomic E-state index is 0.139. The molecule has 21 heavy (non-hydrogen) atoms. The van der Waals surface area contributed by atoms with Crippen molar-refractivity contribution in [2.45, 2.75) is 19.3 Å². The quantitative estimate of drug-likeness (QED) is 0.260. The summed E-state index contributed by atoms with van der Waals surface area (Å²) in [6.07, 6.45) is 2.17. The van der Waals surface area contributed by atoms with Crippen molar-refractivity contribution in [2.24, 2.45) is 16.3 Å². The molecular weight excluding hydrogens is 278 g/mol. The monoisotopic (exact) mass is 295 g/mol. The first-order valence-corrected chi connectivity index (χ1v) is 6.41. The lowest BCUT2D eigenvalue weighted by atomic mass is 10.0. The molecule has 0 bridgehead atoms. The molecule has 1 saturated carbocycles. The smallest absolute Gasteiger partial charge is 0.314 e. The second-order valence-electron chi connectivity index (χ2n) is 5.15. The van der Waals surface area contributed by atoms with Crippen LogP contribution in [0.15, 0.2) is 23.4 Å². The van der Waals surface area contributed by atoms with Crippen molar-refractivity contribution in [1.82, 2.24) is 0 Å². The van der Waals surface area contributed by atoms with Gasteiger partial charge in [0, 0.05) is 11.8 Å². The van der Waals surface area contributed by atoms with Gasteiger partial charge < -0.3 is 20.4 Å². The molecule has 1 aliphatic carbocycles. The van der Waals surface area contributed by atoms with Crippen LogP contribution in [0.4, 0.5) is 5.69 Å². The van der Waals surface area contributed by atoms with Crippen LogP contribution in [0.2, 0.25) is 0 Å². The van der Waals surface area contributed by atoms with Crippen LogP contribution in [-0.4, -0.2) is 29.7 Å². The lowest BCUT2D eigenvalue weighted by Crippen LogP contribution is -2.22. The number of oxime groups is 1. The van der Waals surface area contributed by atoms with Crippen LogP contribution in [0, 0.1) is 15.5 Å². The molecule has 3 N–H and O–H groups in total. The number of nitrogens with zero attached hydrogens (tertiary/aromatic N) is 2. The molecule has 0 aromatic heterocycles. The highest BCUT2D eigenvalue weighted by Crippen LogP contribution is 2.49. The Labute approximate surface area is 121 Å². The van der Waals surface area contributed by atoms with Gasteiger partial charge in [0.1, 0.15) is 11.6 Å². The zero-order chi connectivity index (χ0) is 15.5. The van der Waals surface area contributed by atoms with Crippen molar-refractivity contribution in [3.05, 3.63) is 28.3 Å². The van der Waals surface area contributed by atoms with Gasteiger partial charge in [-0.3, -0.25) is 10.1 Å². The fraction of sp³-hybridized carbons (Fsp3) is 0.462. The van der Waals surface area contributed by atoms with E-state index < -0.39 is 4.92 Å². The average Bonchev–Trinajstić information content (AvgIpc) is 3.24. The summed E-state index contributed by atoms with van der Waals surface area (Å²) in [6.45, 7) is 0.288. The predicted octanol–water partition coefficient (Wildman–Crippen LogP) is 1.90. The van der Waals surface area contributed by atoms with E-state index in [-0.39, 0.29) is 29.3 Å². The van der Waals surface area contributed by atoms with E-state index in [9.17, 15) is 10.1 Å². The van der Waals surface area contributed by atoms with Crippen LogP contribution in [0.5, 0.6) is 11.5 Å². The van der Waals surface area contributed by atoms with Gasteiger partial charge in [-0.1, -0.05) is 5.16 Å². The van der Waals surface area contributed by atoms with Crippen LogP contribution in [0.1, 0.15) is 19.3 Å². The Morgan fingerprint density at radius 1 is 1.57 bits per heavy atom. The van der Waals surface area contributed by atoms with E-state index in [4.69, 9.17) is 20.4 Å². The molecule has 8 nitrogen and oxygen atoms in total. The summed E-state index contributed by atoms with van der Waals surface area (Å²) >= 11 is 0. The molecule has 0 radical (unpaired) electrons. The van der Waals surface area contributed by atoms with E-state index in [0.29, 0.717) is 12.2 Å². The standard InChI is InChI=1S/C13H17N3O5/c1-20-9-2-3-11(10(6-9)16(18)19)21-8-13(4-5-13)7-12(14)15-17/h2-3,6,17H,4-5,7-8H2,1H3,(H2,14,15). The largest absolute Gasteiger partial charge is 0.496 e. The Balaban J connectivity index is 2.08. The molecule has 1 aromatic carbocycles. The third kappa shape index (κ3) is 3.53. The van der Waals surface area contributed by atoms with Crippen LogP contribution >= 0.6 is 0 Å². The normalized spacial score (nSPS) is 16.3. The summed E-state index contributed by atoms with van der Waals surface area (Å²) in [5.41, 5.74) is 5.17. The lowest BCUT2D eigenvalue weighted by molar-refractivity contribution is -0.386. The lowest BCUT2D eigenvalue weighted by Gasteiger charge is -2.15. The van der Waals surface area contributed by atoms with Gasteiger partial charge in [0.05, 0.1) is 24.7 Å². The highest BCUT2D eigenvalue weighted by atomic mass is 16.6. The van der Waals surface area contributed by atoms with E-state index >= 15 is 0 Å². The number of nitro groups is 1. The molecule has 0 unspecified atom stereocenters. The van der Waals surface area contributed by atoms with Crippen molar-refractivity contribution >= 4 is 11.5 Å². The van der Waals surface area contributed by atoms with Crippen LogP contribution in [0.3, 0.4) is 0 Å². The Morgan fingerprint density at radius 3 is 2.81 bits per heavy atom. The van der Waals surface area contributed by atoms with Crippen molar-refractivity contribution in [1.29, 1.82) is 0 Å². The van der Waals surface area contributed by atoms with Crippen LogP contribution in [0.25, 0.3) is 0 Å². The fourth-order valence-corrected chi connectivity index (χ4v) is 2.09. The molecule has 1 fully saturated rings. The van der Waals surface area contributed by atoms with Crippen molar-refractivity contribution in [3.63, 3.8) is 0 Å². The topological polar surface area (TPSA) is 120 Å². The molecule has 1 aromatic rings. The maximum absolute atomic E-state index is 11.1. The summed E-state index contributed by atoms with van der Waals surface area (Å²) in [4.78, 5) is 10.5. The third-order valence-corrected chi connectivity index (χ3v) is 3.54. The summed E-state index contributed by atoms with van der Waals surface area (Å²) in [7, 11) is 1.44. The SMILES string of the molecule is COc1ccc(OCC2(CC(N)=NO)CC2)c([N+](=O)[O-])c1. The molecular formula is C13H17N3O5. The van der Waals surface area contributed by atoms with Crippen molar-refractivity contribution in [3.8, 4) is 11.5 Å². The molecule has 0 aliphatic heterocycles. The van der Waals surface area contributed by atoms with E-state index in [0.717, 1.165) is 12.8 Å². The minimum atomic E-state index is -0.513. The van der Waals surface area contributed by atoms with Crippen molar-refractivity contribution in [2.75, 3.05) is 13.7 Å². The van der Waals surface area contributed by atoms with Crippen LogP contribution in [-0.2, 0) is 0 Å². The average molecular weight is 295 g/mol. The summed E-state index contributed by atoms with van der Waals surface area (Å²) in [5, 5.41) is 22.6. The maximum Gasteiger partial charge on any atom is 0.314 e. The number of methoxy groups -OCH3 is 1. The Bertz CT molecular complexity index is 569. The van der Waals surface area contributed by atoms with E-state index in [1.165, 1.54) is 19.2 Å². The highest BCUT2D eigenvalue weighted by molar-refractivity contribution is 5.80. The van der Waals surface area contributed by atoms with Gasteiger partial charge in [0.2, 0.25) is 0 Å². The van der Waals surface area contributed by atoms with Crippen molar-refractivity contribution < 1.29 is 19.6 Å². The molecule has 114 valence electrons. The van der Waals surface area contributed by atoms with E-state index in [1.54, 1.807) is 6.07 Å². The zero-order valence-corrected chi connectivity index (χ0v) is 11.6. The maximum atomic E-state index is 11.1. The highest BCUT2D eigenvalue weighted by Gasteiger charge is 2.44. The van der Waals surface area contributed by atoms with E-state index in [1.807, 2.05) is 0 Å².